The van der Waals surface area contributed by atoms with Crippen LogP contribution in [0, 0.1) is 0 Å². The van der Waals surface area contributed by atoms with Crippen LogP contribution in [0.15, 0.2) is 36.5 Å². The highest BCUT2D eigenvalue weighted by atomic mass is 16.5. The summed E-state index contributed by atoms with van der Waals surface area (Å²) in [4.78, 5) is 23.8. The second-order valence-electron chi connectivity index (χ2n) is 8.21. The normalized spacial score (nSPS) is 20.6. The molecule has 1 saturated carbocycles. The number of rotatable bonds is 3. The Kier molecular flexibility index (Phi) is 4.51. The summed E-state index contributed by atoms with van der Waals surface area (Å²) in [7, 11) is 0. The van der Waals surface area contributed by atoms with E-state index in [0.29, 0.717) is 32.2 Å². The molecule has 1 saturated heterocycles. The molecule has 1 N–H and O–H groups in total. The highest BCUT2D eigenvalue weighted by molar-refractivity contribution is 5.75. The minimum atomic E-state index is -0.412. The summed E-state index contributed by atoms with van der Waals surface area (Å²) in [6.45, 7) is 2.19. The SMILES string of the molecule is O=C(NCc1ccccc1)N1CC2(C1)OCc1nc(C3CCCCC3)ncc12. The molecular formula is C22H26N4O2. The lowest BCUT2D eigenvalue weighted by atomic mass is 9.86. The van der Waals surface area contributed by atoms with Gasteiger partial charge in [-0.05, 0) is 18.4 Å². The molecule has 6 nitrogen and oxygen atoms in total. The van der Waals surface area contributed by atoms with Crippen molar-refractivity contribution in [2.75, 3.05) is 13.1 Å². The van der Waals surface area contributed by atoms with E-state index in [1.54, 1.807) is 4.90 Å². The number of hydrogen-bond donors (Lipinski definition) is 1. The minimum absolute atomic E-state index is 0.0497. The van der Waals surface area contributed by atoms with Gasteiger partial charge in [-0.25, -0.2) is 14.8 Å². The van der Waals surface area contributed by atoms with Gasteiger partial charge in [0.2, 0.25) is 0 Å². The van der Waals surface area contributed by atoms with Gasteiger partial charge in [-0.3, -0.25) is 0 Å². The number of carbonyl (C=O) groups excluding carboxylic acids is 1. The topological polar surface area (TPSA) is 67.4 Å². The highest BCUT2D eigenvalue weighted by Crippen LogP contribution is 2.43. The van der Waals surface area contributed by atoms with E-state index in [9.17, 15) is 4.79 Å². The number of benzene rings is 1. The molecule has 1 aromatic carbocycles. The Morgan fingerprint density at radius 2 is 1.96 bits per heavy atom. The van der Waals surface area contributed by atoms with Crippen LogP contribution in [0.25, 0.3) is 0 Å². The average molecular weight is 378 g/mol. The van der Waals surface area contributed by atoms with E-state index in [1.165, 1.54) is 32.1 Å². The molecule has 0 bridgehead atoms. The zero-order valence-corrected chi connectivity index (χ0v) is 16.1. The Labute approximate surface area is 165 Å². The number of nitrogens with zero attached hydrogens (tertiary/aromatic N) is 3. The number of ether oxygens (including phenoxy) is 1. The predicted molar refractivity (Wildman–Crippen MR) is 105 cm³/mol. The molecular weight excluding hydrogens is 352 g/mol. The molecule has 2 fully saturated rings. The van der Waals surface area contributed by atoms with Crippen LogP contribution in [-0.2, 0) is 23.5 Å². The van der Waals surface area contributed by atoms with Gasteiger partial charge in [-0.15, -0.1) is 0 Å². The van der Waals surface area contributed by atoms with E-state index in [2.05, 4.69) is 10.3 Å². The van der Waals surface area contributed by atoms with Crippen molar-refractivity contribution in [2.45, 2.75) is 56.8 Å². The molecule has 1 aliphatic carbocycles. The second-order valence-corrected chi connectivity index (χ2v) is 8.21. The van der Waals surface area contributed by atoms with Gasteiger partial charge >= 0.3 is 6.03 Å². The average Bonchev–Trinajstić information content (AvgIpc) is 3.11. The van der Waals surface area contributed by atoms with Crippen molar-refractivity contribution in [3.8, 4) is 0 Å². The molecule has 2 aromatic rings. The highest BCUT2D eigenvalue weighted by Gasteiger charge is 2.52. The standard InChI is InChI=1S/C22H26N4O2/c27-21(24-11-16-7-3-1-4-8-16)26-14-22(15-26)18-12-23-20(25-19(18)13-28-22)17-9-5-2-6-10-17/h1,3-4,7-8,12,17H,2,5-6,9-11,13-15H2,(H,24,27). The molecule has 3 heterocycles. The summed E-state index contributed by atoms with van der Waals surface area (Å²) in [6, 6.07) is 9.90. The fourth-order valence-corrected chi connectivity index (χ4v) is 4.63. The molecule has 1 aromatic heterocycles. The van der Waals surface area contributed by atoms with Crippen LogP contribution in [0.5, 0.6) is 0 Å². The van der Waals surface area contributed by atoms with Crippen LogP contribution in [0.3, 0.4) is 0 Å². The van der Waals surface area contributed by atoms with E-state index < -0.39 is 5.60 Å². The number of urea groups is 1. The van der Waals surface area contributed by atoms with Crippen LogP contribution in [0.1, 0.15) is 60.7 Å². The van der Waals surface area contributed by atoms with E-state index in [-0.39, 0.29) is 6.03 Å². The maximum atomic E-state index is 12.4. The first-order valence-electron chi connectivity index (χ1n) is 10.3. The van der Waals surface area contributed by atoms with Gasteiger partial charge in [0.25, 0.3) is 0 Å². The summed E-state index contributed by atoms with van der Waals surface area (Å²) in [5.41, 5.74) is 2.76. The molecule has 0 radical (unpaired) electrons. The zero-order chi connectivity index (χ0) is 19.0. The third-order valence-electron chi connectivity index (χ3n) is 6.30. The van der Waals surface area contributed by atoms with Crippen molar-refractivity contribution in [3.63, 3.8) is 0 Å². The van der Waals surface area contributed by atoms with E-state index in [0.717, 1.165) is 22.6 Å². The predicted octanol–water partition coefficient (Wildman–Crippen LogP) is 3.48. The maximum Gasteiger partial charge on any atom is 0.317 e. The van der Waals surface area contributed by atoms with Crippen molar-refractivity contribution < 1.29 is 9.53 Å². The van der Waals surface area contributed by atoms with Crippen LogP contribution in [0.4, 0.5) is 4.79 Å². The van der Waals surface area contributed by atoms with Crippen molar-refractivity contribution >= 4 is 6.03 Å². The first kappa shape index (κ1) is 17.6. The molecule has 2 aliphatic heterocycles. The van der Waals surface area contributed by atoms with Crippen molar-refractivity contribution in [1.29, 1.82) is 0 Å². The Morgan fingerprint density at radius 3 is 2.75 bits per heavy atom. The lowest BCUT2D eigenvalue weighted by molar-refractivity contribution is -0.124. The molecule has 0 unspecified atom stereocenters. The molecule has 28 heavy (non-hydrogen) atoms. The Morgan fingerprint density at radius 1 is 1.18 bits per heavy atom. The largest absolute Gasteiger partial charge is 0.360 e. The molecule has 6 heteroatoms. The van der Waals surface area contributed by atoms with Crippen molar-refractivity contribution in [3.05, 3.63) is 59.2 Å². The summed E-state index contributed by atoms with van der Waals surface area (Å²) in [6.07, 6.45) is 8.23. The third-order valence-corrected chi connectivity index (χ3v) is 6.30. The van der Waals surface area contributed by atoms with Crippen LogP contribution >= 0.6 is 0 Å². The first-order valence-corrected chi connectivity index (χ1v) is 10.3. The minimum Gasteiger partial charge on any atom is -0.360 e. The molecule has 146 valence electrons. The number of amides is 2. The van der Waals surface area contributed by atoms with Gasteiger partial charge < -0.3 is 15.0 Å². The third kappa shape index (κ3) is 3.15. The maximum absolute atomic E-state index is 12.4. The number of hydrogen-bond acceptors (Lipinski definition) is 4. The number of aromatic nitrogens is 2. The zero-order valence-electron chi connectivity index (χ0n) is 16.1. The van der Waals surface area contributed by atoms with E-state index in [1.807, 2.05) is 36.5 Å². The van der Waals surface area contributed by atoms with E-state index >= 15 is 0 Å². The number of nitrogens with one attached hydrogen (secondary N) is 1. The van der Waals surface area contributed by atoms with Gasteiger partial charge in [0.05, 0.1) is 25.4 Å². The fraction of sp³-hybridized carbons (Fsp3) is 0.500. The summed E-state index contributed by atoms with van der Waals surface area (Å²) in [5, 5.41) is 2.98. The number of likely N-dealkylation sites (tertiary alicyclic amines) is 1. The monoisotopic (exact) mass is 378 g/mol. The fourth-order valence-electron chi connectivity index (χ4n) is 4.63. The quantitative estimate of drug-likeness (QED) is 0.888. The van der Waals surface area contributed by atoms with Crippen LogP contribution in [0.2, 0.25) is 0 Å². The lowest BCUT2D eigenvalue weighted by Gasteiger charge is -2.46. The van der Waals surface area contributed by atoms with Gasteiger partial charge in [0.15, 0.2) is 0 Å². The molecule has 2 amide bonds. The van der Waals surface area contributed by atoms with Gasteiger partial charge in [-0.2, -0.15) is 0 Å². The van der Waals surface area contributed by atoms with Crippen LogP contribution < -0.4 is 5.32 Å². The molecule has 5 rings (SSSR count). The number of fused-ring (bicyclic) bond motifs is 2. The Hall–Kier alpha value is -2.47. The van der Waals surface area contributed by atoms with Crippen molar-refractivity contribution in [1.82, 2.24) is 20.2 Å². The van der Waals surface area contributed by atoms with Crippen molar-refractivity contribution in [2.24, 2.45) is 0 Å². The lowest BCUT2D eigenvalue weighted by Crippen LogP contribution is -2.63. The second kappa shape index (κ2) is 7.17. The van der Waals surface area contributed by atoms with Gasteiger partial charge in [-0.1, -0.05) is 49.6 Å². The summed E-state index contributed by atoms with van der Waals surface area (Å²) >= 11 is 0. The smallest absolute Gasteiger partial charge is 0.317 e. The summed E-state index contributed by atoms with van der Waals surface area (Å²) < 4.78 is 6.11. The first-order chi connectivity index (χ1) is 13.7. The van der Waals surface area contributed by atoms with Crippen LogP contribution in [-0.4, -0.2) is 34.0 Å². The van der Waals surface area contributed by atoms with Gasteiger partial charge in [0, 0.05) is 24.2 Å². The molecule has 1 spiro atoms. The summed E-state index contributed by atoms with van der Waals surface area (Å²) in [5.74, 6) is 1.48. The van der Waals surface area contributed by atoms with E-state index in [4.69, 9.17) is 9.72 Å². The van der Waals surface area contributed by atoms with Gasteiger partial charge in [0.1, 0.15) is 11.4 Å². The Bertz CT molecular complexity index is 858. The molecule has 3 aliphatic rings. The molecule has 0 atom stereocenters. The number of carbonyl (C=O) groups is 1. The Balaban J connectivity index is 1.21.